The molecule has 5 heteroatoms. The molecule has 1 fully saturated rings. The fraction of sp³-hybridized carbons (Fsp3) is 0.300. The lowest BCUT2D eigenvalue weighted by Crippen LogP contribution is -2.30. The lowest BCUT2D eigenvalue weighted by molar-refractivity contribution is -0.161. The molecule has 0 N–H and O–H groups in total. The molecule has 0 spiro atoms. The third kappa shape index (κ3) is 3.22. The fourth-order valence-corrected chi connectivity index (χ4v) is 3.13. The maximum atomic E-state index is 12.1. The molecule has 0 aliphatic heterocycles. The predicted molar refractivity (Wildman–Crippen MR) is 91.0 cm³/mol. The number of esters is 2. The Morgan fingerprint density at radius 3 is 2.32 bits per heavy atom. The molecule has 2 aromatic carbocycles. The lowest BCUT2D eigenvalue weighted by atomic mass is 9.99. The molecule has 1 aliphatic rings. The number of carbonyl (C=O) groups excluding carboxylic acids is 2. The molecule has 1 unspecified atom stereocenters. The van der Waals surface area contributed by atoms with Gasteiger partial charge in [0.2, 0.25) is 0 Å². The molecule has 2 aromatic rings. The van der Waals surface area contributed by atoms with Gasteiger partial charge in [-0.05, 0) is 29.7 Å². The molecule has 0 saturated heterocycles. The van der Waals surface area contributed by atoms with Crippen molar-refractivity contribution in [2.24, 2.45) is 5.41 Å². The molecule has 0 bridgehead atoms. The minimum absolute atomic E-state index is 0.257. The van der Waals surface area contributed by atoms with Gasteiger partial charge < -0.3 is 14.2 Å². The van der Waals surface area contributed by atoms with Gasteiger partial charge in [-0.15, -0.1) is 0 Å². The summed E-state index contributed by atoms with van der Waals surface area (Å²) in [6.45, 7) is 0.452. The van der Waals surface area contributed by atoms with Crippen LogP contribution in [0.5, 0.6) is 5.75 Å². The molecule has 1 atom stereocenters. The van der Waals surface area contributed by atoms with Crippen LogP contribution in [0.25, 0.3) is 0 Å². The van der Waals surface area contributed by atoms with E-state index in [9.17, 15) is 9.59 Å². The van der Waals surface area contributed by atoms with E-state index in [-0.39, 0.29) is 5.92 Å². The predicted octanol–water partition coefficient (Wildman–Crippen LogP) is 3.09. The van der Waals surface area contributed by atoms with Crippen molar-refractivity contribution in [2.75, 3.05) is 14.2 Å². The van der Waals surface area contributed by atoms with Crippen molar-refractivity contribution in [3.63, 3.8) is 0 Å². The van der Waals surface area contributed by atoms with Crippen LogP contribution >= 0.6 is 0 Å². The Bertz CT molecular complexity index is 753. The van der Waals surface area contributed by atoms with Crippen LogP contribution in [0.4, 0.5) is 0 Å². The highest BCUT2D eigenvalue weighted by Gasteiger charge is 2.68. The third-order valence-corrected chi connectivity index (χ3v) is 4.57. The fourth-order valence-electron chi connectivity index (χ4n) is 3.13. The van der Waals surface area contributed by atoms with Gasteiger partial charge in [0.1, 0.15) is 12.4 Å². The maximum absolute atomic E-state index is 12.1. The molecular formula is C20H20O5. The van der Waals surface area contributed by atoms with Gasteiger partial charge in [-0.2, -0.15) is 0 Å². The van der Waals surface area contributed by atoms with Gasteiger partial charge in [-0.25, -0.2) is 0 Å². The van der Waals surface area contributed by atoms with Gasteiger partial charge in [-0.3, -0.25) is 9.59 Å². The second-order valence-corrected chi connectivity index (χ2v) is 6.06. The van der Waals surface area contributed by atoms with E-state index in [1.54, 1.807) is 0 Å². The van der Waals surface area contributed by atoms with Gasteiger partial charge in [0.25, 0.3) is 0 Å². The van der Waals surface area contributed by atoms with Crippen molar-refractivity contribution in [1.82, 2.24) is 0 Å². The highest BCUT2D eigenvalue weighted by molar-refractivity contribution is 6.05. The number of benzene rings is 2. The Hall–Kier alpha value is -2.82. The monoisotopic (exact) mass is 340 g/mol. The Balaban J connectivity index is 1.76. The first-order valence-corrected chi connectivity index (χ1v) is 8.05. The Labute approximate surface area is 146 Å². The van der Waals surface area contributed by atoms with Crippen LogP contribution in [0.3, 0.4) is 0 Å². The summed E-state index contributed by atoms with van der Waals surface area (Å²) in [4.78, 5) is 24.2. The smallest absolute Gasteiger partial charge is 0.323 e. The van der Waals surface area contributed by atoms with E-state index in [1.165, 1.54) is 14.2 Å². The van der Waals surface area contributed by atoms with E-state index in [1.807, 2.05) is 54.6 Å². The maximum Gasteiger partial charge on any atom is 0.323 e. The second-order valence-electron chi connectivity index (χ2n) is 6.06. The second kappa shape index (κ2) is 6.97. The van der Waals surface area contributed by atoms with Gasteiger partial charge in [0, 0.05) is 5.92 Å². The zero-order valence-corrected chi connectivity index (χ0v) is 14.2. The molecule has 5 nitrogen and oxygen atoms in total. The summed E-state index contributed by atoms with van der Waals surface area (Å²) in [5, 5.41) is 0. The standard InChI is InChI=1S/C20H20O5/c1-23-18(21)20(19(22)24-2)12-17(20)15-9-6-10-16(11-15)25-13-14-7-4-3-5-8-14/h3-11,17H,12-13H2,1-2H3. The zero-order valence-electron chi connectivity index (χ0n) is 14.2. The van der Waals surface area contributed by atoms with Crippen molar-refractivity contribution < 1.29 is 23.8 Å². The van der Waals surface area contributed by atoms with E-state index in [4.69, 9.17) is 14.2 Å². The first kappa shape index (κ1) is 17.0. The Morgan fingerprint density at radius 2 is 1.68 bits per heavy atom. The van der Waals surface area contributed by atoms with Crippen LogP contribution in [0.2, 0.25) is 0 Å². The van der Waals surface area contributed by atoms with E-state index in [0.29, 0.717) is 18.8 Å². The average molecular weight is 340 g/mol. The largest absolute Gasteiger partial charge is 0.489 e. The van der Waals surface area contributed by atoms with Crippen molar-refractivity contribution >= 4 is 11.9 Å². The first-order chi connectivity index (χ1) is 12.1. The molecule has 130 valence electrons. The molecule has 0 aromatic heterocycles. The summed E-state index contributed by atoms with van der Waals surface area (Å²) in [6.07, 6.45) is 0.383. The van der Waals surface area contributed by atoms with E-state index in [0.717, 1.165) is 11.1 Å². The summed E-state index contributed by atoms with van der Waals surface area (Å²) < 4.78 is 15.5. The topological polar surface area (TPSA) is 61.8 Å². The van der Waals surface area contributed by atoms with Crippen LogP contribution in [-0.2, 0) is 25.7 Å². The quantitative estimate of drug-likeness (QED) is 0.597. The first-order valence-electron chi connectivity index (χ1n) is 8.05. The zero-order chi connectivity index (χ0) is 17.9. The Morgan fingerprint density at radius 1 is 1.00 bits per heavy atom. The number of hydrogen-bond acceptors (Lipinski definition) is 5. The average Bonchev–Trinajstić information content (AvgIpc) is 3.43. The lowest BCUT2D eigenvalue weighted by Gasteiger charge is -2.13. The van der Waals surface area contributed by atoms with Gasteiger partial charge in [-0.1, -0.05) is 42.5 Å². The van der Waals surface area contributed by atoms with Crippen molar-refractivity contribution in [3.05, 3.63) is 65.7 Å². The Kier molecular flexibility index (Phi) is 4.74. The van der Waals surface area contributed by atoms with Crippen molar-refractivity contribution in [3.8, 4) is 5.75 Å². The number of hydrogen-bond donors (Lipinski definition) is 0. The SMILES string of the molecule is COC(=O)C1(C(=O)OC)CC1c1cccc(OCc2ccccc2)c1. The molecule has 1 saturated carbocycles. The van der Waals surface area contributed by atoms with Crippen molar-refractivity contribution in [2.45, 2.75) is 18.9 Å². The highest BCUT2D eigenvalue weighted by Crippen LogP contribution is 2.61. The van der Waals surface area contributed by atoms with E-state index < -0.39 is 17.4 Å². The number of methoxy groups -OCH3 is 2. The van der Waals surface area contributed by atoms with E-state index >= 15 is 0 Å². The molecule has 25 heavy (non-hydrogen) atoms. The van der Waals surface area contributed by atoms with Crippen molar-refractivity contribution in [1.29, 1.82) is 0 Å². The van der Waals surface area contributed by atoms with Crippen LogP contribution < -0.4 is 4.74 Å². The highest BCUT2D eigenvalue weighted by atomic mass is 16.5. The minimum Gasteiger partial charge on any atom is -0.489 e. The summed E-state index contributed by atoms with van der Waals surface area (Å²) >= 11 is 0. The molecule has 0 radical (unpaired) electrons. The number of ether oxygens (including phenoxy) is 3. The number of rotatable bonds is 6. The van der Waals surface area contributed by atoms with Gasteiger partial charge in [0.15, 0.2) is 5.41 Å². The van der Waals surface area contributed by atoms with Crippen LogP contribution in [-0.4, -0.2) is 26.2 Å². The van der Waals surface area contributed by atoms with Crippen LogP contribution in [0.15, 0.2) is 54.6 Å². The molecule has 1 aliphatic carbocycles. The molecule has 0 heterocycles. The summed E-state index contributed by atoms with van der Waals surface area (Å²) in [5.74, 6) is -0.676. The third-order valence-electron chi connectivity index (χ3n) is 4.57. The minimum atomic E-state index is -1.23. The van der Waals surface area contributed by atoms with Gasteiger partial charge >= 0.3 is 11.9 Å². The molecular weight excluding hydrogens is 320 g/mol. The van der Waals surface area contributed by atoms with Crippen LogP contribution in [0.1, 0.15) is 23.5 Å². The summed E-state index contributed by atoms with van der Waals surface area (Å²) in [6, 6.07) is 17.3. The molecule has 0 amide bonds. The normalized spacial score (nSPS) is 17.4. The van der Waals surface area contributed by atoms with Crippen LogP contribution in [0, 0.1) is 5.41 Å². The molecule has 3 rings (SSSR count). The summed E-state index contributed by atoms with van der Waals surface area (Å²) in [7, 11) is 2.56. The van der Waals surface area contributed by atoms with Gasteiger partial charge in [0.05, 0.1) is 14.2 Å². The number of carbonyl (C=O) groups is 2. The summed E-state index contributed by atoms with van der Waals surface area (Å²) in [5.41, 5.74) is 0.695. The van der Waals surface area contributed by atoms with E-state index in [2.05, 4.69) is 0 Å².